The third kappa shape index (κ3) is 8.54. The molecule has 6 aromatic rings. The van der Waals surface area contributed by atoms with E-state index in [-0.39, 0.29) is 52.8 Å². The van der Waals surface area contributed by atoms with Crippen LogP contribution in [0.4, 0.5) is 61.5 Å². The Balaban J connectivity index is 0.000000156. The van der Waals surface area contributed by atoms with Gasteiger partial charge in [-0.15, -0.1) is 0 Å². The number of halogens is 4. The first kappa shape index (κ1) is 46.9. The molecule has 2 amide bonds. The van der Waals surface area contributed by atoms with Crippen molar-refractivity contribution in [1.82, 2.24) is 29.7 Å². The molecule has 72 heavy (non-hydrogen) atoms. The van der Waals surface area contributed by atoms with Gasteiger partial charge in [-0.3, -0.25) is 20.0 Å². The van der Waals surface area contributed by atoms with Crippen molar-refractivity contribution in [2.24, 2.45) is 0 Å². The molecule has 0 bridgehead atoms. The van der Waals surface area contributed by atoms with Crippen LogP contribution >= 0.6 is 0 Å². The molecule has 2 saturated heterocycles. The summed E-state index contributed by atoms with van der Waals surface area (Å²) >= 11 is 0. The minimum absolute atomic E-state index is 0.0347. The highest BCUT2D eigenvalue weighted by atomic mass is 19.1. The summed E-state index contributed by atoms with van der Waals surface area (Å²) < 4.78 is 73.6. The number of fused-ring (bicyclic) bond motifs is 4. The summed E-state index contributed by atoms with van der Waals surface area (Å²) in [4.78, 5) is 47.1. The molecule has 4 aromatic heterocycles. The summed E-state index contributed by atoms with van der Waals surface area (Å²) in [5, 5.41) is 21.1. The Bertz CT molecular complexity index is 3140. The normalized spacial score (nSPS) is 21.6. The number of carboxylic acid groups (broad SMARTS) is 1. The number of carbonyl (C=O) groups is 2. The van der Waals surface area contributed by atoms with Gasteiger partial charge in [-0.1, -0.05) is 0 Å². The van der Waals surface area contributed by atoms with Crippen LogP contribution in [-0.2, 0) is 4.74 Å². The lowest BCUT2D eigenvalue weighted by molar-refractivity contribution is -0.0575. The second-order valence-corrected chi connectivity index (χ2v) is 19.2. The number of anilines is 6. The molecule has 0 unspecified atom stereocenters. The standard InChI is InChI=1S/2C25H26F2N6O3/c1-12-18(8-31-24-23(12)29-2-3-35-24)17-4-13-5-20(30-9-19(13)22(28)21(17)27)32-25(34)36-16-6-15(7-16)33-10-14(26)11-33;1-12-18(8-31-24-23(12)29-2-3-36-24)17-4-13-5-20(30-9-19(13)22(28)21(17)27)33(25(34)35)16-6-15(7-16)32-10-14(26)11-32/h4-5,8-9,14-16,29H,2-3,6-7,10-11,28H2,1H3,(H,30,32,34);4-5,8-9,14-16,29H,2-3,6-7,10-11,28H2,1H3,(H,34,35). The van der Waals surface area contributed by atoms with E-state index in [1.165, 1.54) is 17.3 Å². The minimum atomic E-state index is -1.12. The number of ether oxygens (including phenoxy) is 3. The summed E-state index contributed by atoms with van der Waals surface area (Å²) in [6.45, 7) is 7.74. The molecule has 8 N–H and O–H groups in total. The van der Waals surface area contributed by atoms with E-state index >= 15 is 8.78 Å². The van der Waals surface area contributed by atoms with E-state index in [2.05, 4.69) is 40.8 Å². The number of carbonyl (C=O) groups excluding carboxylic acids is 1. The van der Waals surface area contributed by atoms with Crippen LogP contribution in [0.2, 0.25) is 0 Å². The van der Waals surface area contributed by atoms with Crippen molar-refractivity contribution in [3.63, 3.8) is 0 Å². The highest BCUT2D eigenvalue weighted by Crippen LogP contribution is 2.43. The van der Waals surface area contributed by atoms with Crippen molar-refractivity contribution < 1.29 is 46.5 Å². The predicted octanol–water partition coefficient (Wildman–Crippen LogP) is 7.66. The summed E-state index contributed by atoms with van der Waals surface area (Å²) in [6, 6.07) is 6.76. The first-order chi connectivity index (χ1) is 34.7. The Kier molecular flexibility index (Phi) is 12.1. The molecule has 12 rings (SSSR count). The number of likely N-dealkylation sites (tertiary alicyclic amines) is 2. The number of nitrogens with two attached hydrogens (primary N) is 2. The van der Waals surface area contributed by atoms with Gasteiger partial charge >= 0.3 is 12.2 Å². The summed E-state index contributed by atoms with van der Waals surface area (Å²) in [5.74, 6) is 0.319. The maximum absolute atomic E-state index is 15.4. The summed E-state index contributed by atoms with van der Waals surface area (Å²) in [6.07, 6.45) is 5.11. The molecule has 376 valence electrons. The van der Waals surface area contributed by atoms with E-state index in [4.69, 9.17) is 25.7 Å². The monoisotopic (exact) mass is 992 g/mol. The van der Waals surface area contributed by atoms with Gasteiger partial charge in [-0.25, -0.2) is 47.1 Å². The molecule has 2 saturated carbocycles. The van der Waals surface area contributed by atoms with Crippen LogP contribution in [0.15, 0.2) is 49.1 Å². The van der Waals surface area contributed by atoms with E-state index in [1.807, 2.05) is 18.7 Å². The van der Waals surface area contributed by atoms with Gasteiger partial charge in [0.05, 0.1) is 11.4 Å². The number of rotatable bonds is 8. The van der Waals surface area contributed by atoms with Gasteiger partial charge < -0.3 is 41.4 Å². The number of nitrogens with zero attached hydrogens (tertiary/aromatic N) is 7. The Hall–Kier alpha value is -7.46. The van der Waals surface area contributed by atoms with Gasteiger partial charge in [0.1, 0.15) is 54.7 Å². The van der Waals surface area contributed by atoms with Crippen LogP contribution in [0.5, 0.6) is 11.8 Å². The highest BCUT2D eigenvalue weighted by molar-refractivity contribution is 6.01. The molecule has 2 aliphatic carbocycles. The number of alkyl halides is 2. The van der Waals surface area contributed by atoms with E-state index < -0.39 is 36.2 Å². The van der Waals surface area contributed by atoms with Crippen molar-refractivity contribution in [3.8, 4) is 34.0 Å². The third-order valence-electron chi connectivity index (χ3n) is 14.7. The number of nitrogen functional groups attached to an aromatic ring is 2. The smallest absolute Gasteiger partial charge is 0.413 e. The molecule has 8 heterocycles. The second-order valence-electron chi connectivity index (χ2n) is 19.2. The molecule has 22 heteroatoms. The van der Waals surface area contributed by atoms with Crippen LogP contribution in [0.1, 0.15) is 36.8 Å². The SMILES string of the molecule is Cc1c(-c2cc3cc(N(C(=O)O)C4CC(N5CC(F)C5)C4)ncc3c(N)c2F)cnc2c1NCCO2.Cc1c(-c2cc3cc(NC(=O)OC4CC(N5CC(F)C5)C4)ncc3c(N)c2F)cnc2c1NCCO2. The maximum atomic E-state index is 15.4. The van der Waals surface area contributed by atoms with Crippen molar-refractivity contribution in [2.45, 2.75) is 76.1 Å². The van der Waals surface area contributed by atoms with Gasteiger partial charge in [0.15, 0.2) is 11.6 Å². The number of pyridine rings is 4. The molecule has 6 aliphatic rings. The average Bonchev–Trinajstić information content (AvgIpc) is 3.32. The first-order valence-electron chi connectivity index (χ1n) is 23.9. The Morgan fingerprint density at radius 2 is 1.22 bits per heavy atom. The highest BCUT2D eigenvalue weighted by Gasteiger charge is 2.45. The maximum Gasteiger partial charge on any atom is 0.413 e. The summed E-state index contributed by atoms with van der Waals surface area (Å²) in [5.41, 5.74) is 16.9. The van der Waals surface area contributed by atoms with E-state index in [0.29, 0.717) is 134 Å². The van der Waals surface area contributed by atoms with Crippen molar-refractivity contribution in [2.75, 3.05) is 84.8 Å². The lowest BCUT2D eigenvalue weighted by Crippen LogP contribution is -2.62. The zero-order valence-electron chi connectivity index (χ0n) is 39.4. The third-order valence-corrected chi connectivity index (χ3v) is 14.7. The van der Waals surface area contributed by atoms with Gasteiger partial charge in [0.25, 0.3) is 0 Å². The van der Waals surface area contributed by atoms with Crippen LogP contribution in [0.3, 0.4) is 0 Å². The largest absolute Gasteiger partial charge is 0.474 e. The zero-order chi connectivity index (χ0) is 50.1. The number of amides is 2. The number of nitrogens with one attached hydrogen (secondary N) is 3. The van der Waals surface area contributed by atoms with Crippen molar-refractivity contribution in [3.05, 3.63) is 71.8 Å². The number of hydrogen-bond acceptors (Lipinski definition) is 15. The average molecular weight is 993 g/mol. The second kappa shape index (κ2) is 18.6. The topological polar surface area (TPSA) is 231 Å². The van der Waals surface area contributed by atoms with Crippen LogP contribution in [0, 0.1) is 25.5 Å². The van der Waals surface area contributed by atoms with Gasteiger partial charge in [0, 0.05) is 128 Å². The molecule has 4 aliphatic heterocycles. The number of benzene rings is 2. The van der Waals surface area contributed by atoms with Crippen LogP contribution in [-0.4, -0.2) is 136 Å². The molecule has 0 radical (unpaired) electrons. The van der Waals surface area contributed by atoms with Crippen LogP contribution in [0.25, 0.3) is 43.8 Å². The first-order valence-corrected chi connectivity index (χ1v) is 23.9. The Morgan fingerprint density at radius 3 is 1.74 bits per heavy atom. The zero-order valence-corrected chi connectivity index (χ0v) is 39.4. The van der Waals surface area contributed by atoms with E-state index in [1.54, 1.807) is 36.7 Å². The van der Waals surface area contributed by atoms with Gasteiger partial charge in [-0.2, -0.15) is 0 Å². The molecular formula is C50H52F4N12O6. The number of aromatic nitrogens is 4. The van der Waals surface area contributed by atoms with E-state index in [9.17, 15) is 23.5 Å². The van der Waals surface area contributed by atoms with E-state index in [0.717, 1.165) is 16.8 Å². The quantitative estimate of drug-likeness (QED) is 0.0635. The molecule has 4 fully saturated rings. The Morgan fingerprint density at radius 1 is 0.722 bits per heavy atom. The molecule has 2 aromatic carbocycles. The molecular weight excluding hydrogens is 941 g/mol. The molecule has 0 atom stereocenters. The number of hydrogen-bond donors (Lipinski definition) is 6. The predicted molar refractivity (Wildman–Crippen MR) is 263 cm³/mol. The molecule has 18 nitrogen and oxygen atoms in total. The van der Waals surface area contributed by atoms with Crippen LogP contribution < -0.4 is 41.8 Å². The van der Waals surface area contributed by atoms with Crippen molar-refractivity contribution >= 4 is 68.1 Å². The van der Waals surface area contributed by atoms with Crippen molar-refractivity contribution in [1.29, 1.82) is 0 Å². The Labute approximate surface area is 410 Å². The summed E-state index contributed by atoms with van der Waals surface area (Å²) in [7, 11) is 0. The fraction of sp³-hybridized carbons (Fsp3) is 0.400. The lowest BCUT2D eigenvalue weighted by atomic mass is 9.82. The molecule has 0 spiro atoms. The fourth-order valence-corrected chi connectivity index (χ4v) is 10.4. The van der Waals surface area contributed by atoms with Gasteiger partial charge in [0.2, 0.25) is 11.8 Å². The lowest BCUT2D eigenvalue weighted by Gasteiger charge is -2.50. The fourth-order valence-electron chi connectivity index (χ4n) is 10.4. The minimum Gasteiger partial charge on any atom is -0.474 e. The van der Waals surface area contributed by atoms with Gasteiger partial charge in [-0.05, 0) is 72.9 Å².